The predicted molar refractivity (Wildman–Crippen MR) is 80.7 cm³/mol. The first-order valence-corrected chi connectivity index (χ1v) is 8.00. The quantitative estimate of drug-likeness (QED) is 0.768. The van der Waals surface area contributed by atoms with Crippen LogP contribution in [0.1, 0.15) is 38.5 Å². The third kappa shape index (κ3) is 3.46. The van der Waals surface area contributed by atoms with Gasteiger partial charge in [-0.2, -0.15) is 0 Å². The number of thiazole rings is 1. The molecule has 108 valence electrons. The van der Waals surface area contributed by atoms with Crippen molar-refractivity contribution in [1.29, 1.82) is 0 Å². The zero-order chi connectivity index (χ0) is 13.9. The number of rotatable bonds is 8. The van der Waals surface area contributed by atoms with Crippen molar-refractivity contribution >= 4 is 16.5 Å². The van der Waals surface area contributed by atoms with Gasteiger partial charge in [0.25, 0.3) is 0 Å². The minimum Gasteiger partial charge on any atom is -0.394 e. The zero-order valence-corrected chi connectivity index (χ0v) is 13.0. The van der Waals surface area contributed by atoms with Crippen LogP contribution in [0.15, 0.2) is 6.20 Å². The first kappa shape index (κ1) is 14.8. The molecule has 0 saturated heterocycles. The number of anilines is 1. The highest BCUT2D eigenvalue weighted by Crippen LogP contribution is 2.39. The van der Waals surface area contributed by atoms with Gasteiger partial charge in [0.15, 0.2) is 5.13 Å². The molecule has 1 heterocycles. The van der Waals surface area contributed by atoms with E-state index in [1.165, 1.54) is 17.7 Å². The van der Waals surface area contributed by atoms with Gasteiger partial charge >= 0.3 is 0 Å². The maximum absolute atomic E-state index is 9.56. The highest BCUT2D eigenvalue weighted by molar-refractivity contribution is 7.15. The SMILES string of the molecule is CCN(CC)c1ncc(CNC(C)(CO)C2CC2)s1. The summed E-state index contributed by atoms with van der Waals surface area (Å²) in [6, 6.07) is 0. The van der Waals surface area contributed by atoms with Crippen LogP contribution in [0.25, 0.3) is 0 Å². The van der Waals surface area contributed by atoms with Gasteiger partial charge in [0.05, 0.1) is 6.61 Å². The van der Waals surface area contributed by atoms with Crippen molar-refractivity contribution in [3.05, 3.63) is 11.1 Å². The highest BCUT2D eigenvalue weighted by Gasteiger charge is 2.40. The van der Waals surface area contributed by atoms with Gasteiger partial charge in [-0.3, -0.25) is 0 Å². The van der Waals surface area contributed by atoms with E-state index in [1.807, 2.05) is 6.20 Å². The van der Waals surface area contributed by atoms with E-state index in [0.29, 0.717) is 5.92 Å². The van der Waals surface area contributed by atoms with Crippen molar-refractivity contribution < 1.29 is 5.11 Å². The van der Waals surface area contributed by atoms with Crippen LogP contribution < -0.4 is 10.2 Å². The summed E-state index contributed by atoms with van der Waals surface area (Å²) in [5.74, 6) is 0.632. The summed E-state index contributed by atoms with van der Waals surface area (Å²) in [5.41, 5.74) is -0.126. The van der Waals surface area contributed by atoms with Crippen LogP contribution in [-0.2, 0) is 6.54 Å². The van der Waals surface area contributed by atoms with Crippen LogP contribution in [0.5, 0.6) is 0 Å². The van der Waals surface area contributed by atoms with Gasteiger partial charge in [0, 0.05) is 36.2 Å². The second-order valence-corrected chi connectivity index (χ2v) is 6.58. The highest BCUT2D eigenvalue weighted by atomic mass is 32.1. The fraction of sp³-hybridized carbons (Fsp3) is 0.786. The molecule has 2 N–H and O–H groups in total. The van der Waals surface area contributed by atoms with E-state index >= 15 is 0 Å². The molecule has 1 atom stereocenters. The fourth-order valence-electron chi connectivity index (χ4n) is 2.36. The Bertz CT molecular complexity index is 401. The van der Waals surface area contributed by atoms with Crippen LogP contribution in [0.3, 0.4) is 0 Å². The van der Waals surface area contributed by atoms with E-state index in [0.717, 1.165) is 24.8 Å². The molecule has 0 aromatic carbocycles. The predicted octanol–water partition coefficient (Wildman–Crippen LogP) is 2.24. The summed E-state index contributed by atoms with van der Waals surface area (Å²) in [4.78, 5) is 7.99. The van der Waals surface area contributed by atoms with Crippen molar-refractivity contribution in [2.24, 2.45) is 5.92 Å². The largest absolute Gasteiger partial charge is 0.394 e. The second kappa shape index (κ2) is 6.20. The molecule has 1 aromatic heterocycles. The monoisotopic (exact) mass is 283 g/mol. The molecule has 1 fully saturated rings. The molecule has 0 spiro atoms. The molecule has 0 radical (unpaired) electrons. The van der Waals surface area contributed by atoms with Gasteiger partial charge in [0.2, 0.25) is 0 Å². The average Bonchev–Trinajstić information content (AvgIpc) is 3.19. The Morgan fingerprint density at radius 3 is 2.68 bits per heavy atom. The van der Waals surface area contributed by atoms with Gasteiger partial charge in [0.1, 0.15) is 0 Å². The van der Waals surface area contributed by atoms with Crippen LogP contribution >= 0.6 is 11.3 Å². The average molecular weight is 283 g/mol. The third-order valence-corrected chi connectivity index (χ3v) is 5.11. The van der Waals surface area contributed by atoms with E-state index < -0.39 is 0 Å². The summed E-state index contributed by atoms with van der Waals surface area (Å²) in [6.45, 7) is 9.42. The molecule has 1 saturated carbocycles. The van der Waals surface area contributed by atoms with Crippen LogP contribution in [0.4, 0.5) is 5.13 Å². The Hall–Kier alpha value is -0.650. The fourth-order valence-corrected chi connectivity index (χ4v) is 3.34. The molecule has 0 bridgehead atoms. The van der Waals surface area contributed by atoms with Crippen molar-refractivity contribution in [2.75, 3.05) is 24.6 Å². The standard InChI is InChI=1S/C14H25N3OS/c1-4-17(5-2)13-15-8-12(19-13)9-16-14(3,10-18)11-6-7-11/h8,11,16,18H,4-7,9-10H2,1-3H3. The Balaban J connectivity index is 1.92. The number of aromatic nitrogens is 1. The maximum Gasteiger partial charge on any atom is 0.185 e. The van der Waals surface area contributed by atoms with Crippen molar-refractivity contribution in [2.45, 2.75) is 45.7 Å². The van der Waals surface area contributed by atoms with Crippen molar-refractivity contribution in [3.8, 4) is 0 Å². The lowest BCUT2D eigenvalue weighted by Gasteiger charge is -2.28. The van der Waals surface area contributed by atoms with Gasteiger partial charge in [-0.25, -0.2) is 4.98 Å². The lowest BCUT2D eigenvalue weighted by atomic mass is 9.97. The van der Waals surface area contributed by atoms with Gasteiger partial charge < -0.3 is 15.3 Å². The Kier molecular flexibility index (Phi) is 4.81. The molecule has 0 amide bonds. The van der Waals surface area contributed by atoms with Crippen LogP contribution in [0.2, 0.25) is 0 Å². The smallest absolute Gasteiger partial charge is 0.185 e. The van der Waals surface area contributed by atoms with Gasteiger partial charge in [-0.05, 0) is 39.5 Å². The number of aliphatic hydroxyl groups excluding tert-OH is 1. The second-order valence-electron chi connectivity index (χ2n) is 5.48. The van der Waals surface area contributed by atoms with Gasteiger partial charge in [-0.1, -0.05) is 0 Å². The minimum absolute atomic E-state index is 0.126. The number of hydrogen-bond acceptors (Lipinski definition) is 5. The van der Waals surface area contributed by atoms with Crippen molar-refractivity contribution in [1.82, 2.24) is 10.3 Å². The molecule has 4 nitrogen and oxygen atoms in total. The van der Waals surface area contributed by atoms with Crippen LogP contribution in [-0.4, -0.2) is 35.3 Å². The zero-order valence-electron chi connectivity index (χ0n) is 12.1. The topological polar surface area (TPSA) is 48.4 Å². The van der Waals surface area contributed by atoms with Crippen molar-refractivity contribution in [3.63, 3.8) is 0 Å². The first-order chi connectivity index (χ1) is 9.12. The molecule has 2 rings (SSSR count). The molecule has 0 aliphatic heterocycles. The summed E-state index contributed by atoms with van der Waals surface area (Å²) < 4.78 is 0. The first-order valence-electron chi connectivity index (χ1n) is 7.18. The van der Waals surface area contributed by atoms with Gasteiger partial charge in [-0.15, -0.1) is 11.3 Å². The molecule has 1 aliphatic rings. The normalized spacial score (nSPS) is 18.3. The number of nitrogens with one attached hydrogen (secondary N) is 1. The number of hydrogen-bond donors (Lipinski definition) is 2. The molecule has 1 unspecified atom stereocenters. The summed E-state index contributed by atoms with van der Waals surface area (Å²) in [6.07, 6.45) is 4.42. The minimum atomic E-state index is -0.126. The number of aliphatic hydroxyl groups is 1. The maximum atomic E-state index is 9.56. The lowest BCUT2D eigenvalue weighted by Crippen LogP contribution is -2.47. The summed E-state index contributed by atoms with van der Waals surface area (Å²) in [5, 5.41) is 14.2. The number of nitrogens with zero attached hydrogens (tertiary/aromatic N) is 2. The van der Waals surface area contributed by atoms with E-state index in [-0.39, 0.29) is 12.1 Å². The molecular weight excluding hydrogens is 258 g/mol. The lowest BCUT2D eigenvalue weighted by molar-refractivity contribution is 0.154. The Morgan fingerprint density at radius 2 is 2.16 bits per heavy atom. The third-order valence-electron chi connectivity index (χ3n) is 4.05. The molecule has 1 aliphatic carbocycles. The molecule has 5 heteroatoms. The van der Waals surface area contributed by atoms with E-state index in [9.17, 15) is 5.11 Å². The van der Waals surface area contributed by atoms with Crippen LogP contribution in [0, 0.1) is 5.92 Å². The molecule has 19 heavy (non-hydrogen) atoms. The Morgan fingerprint density at radius 1 is 1.47 bits per heavy atom. The summed E-state index contributed by atoms with van der Waals surface area (Å²) in [7, 11) is 0. The van der Waals surface area contributed by atoms with E-state index in [4.69, 9.17) is 0 Å². The Labute approximate surface area is 119 Å². The summed E-state index contributed by atoms with van der Waals surface area (Å²) >= 11 is 1.74. The molecule has 1 aromatic rings. The molecular formula is C14H25N3OS. The van der Waals surface area contributed by atoms with E-state index in [2.05, 4.69) is 36.0 Å². The van der Waals surface area contributed by atoms with E-state index in [1.54, 1.807) is 11.3 Å².